The third-order valence-corrected chi connectivity index (χ3v) is 7.49. The highest BCUT2D eigenvalue weighted by Gasteiger charge is 2.29. The third-order valence-electron chi connectivity index (χ3n) is 5.99. The van der Waals surface area contributed by atoms with Crippen LogP contribution >= 0.6 is 11.3 Å². The number of aryl methyl sites for hydroxylation is 1. The van der Waals surface area contributed by atoms with Gasteiger partial charge < -0.3 is 19.4 Å². The normalized spacial score (nSPS) is 13.1. The first kappa shape index (κ1) is 27.2. The smallest absolute Gasteiger partial charge is 0.267 e. The third kappa shape index (κ3) is 6.55. The summed E-state index contributed by atoms with van der Waals surface area (Å²) < 4.78 is 40.9. The SMILES string of the molecule is COc1cc2c(cc1OCCCOS(C)(=O)=O)-c1c(-c3cccs3)cc(C(=O)NCC(C)(C)C)n1CC2. The molecule has 0 fully saturated rings. The van der Waals surface area contributed by atoms with Crippen LogP contribution < -0.4 is 14.8 Å². The van der Waals surface area contributed by atoms with Crippen molar-refractivity contribution in [3.05, 3.63) is 47.0 Å². The molecule has 0 radical (unpaired) electrons. The zero-order valence-corrected chi connectivity index (χ0v) is 23.6. The standard InChI is InChI=1S/C27H34N2O6S2/c1-27(2,3)17-28-26(30)21-15-20(24-8-6-13-36-24)25-19-16-23(34-11-7-12-35-37(5,31)32)22(33-4)14-18(19)9-10-29(21)25/h6,8,13-16H,7,9-12,17H2,1-5H3,(H,28,30). The number of benzene rings is 1. The van der Waals surface area contributed by atoms with Crippen molar-refractivity contribution in [2.24, 2.45) is 5.41 Å². The van der Waals surface area contributed by atoms with Crippen molar-refractivity contribution >= 4 is 27.4 Å². The number of aromatic nitrogens is 1. The Morgan fingerprint density at radius 1 is 1.14 bits per heavy atom. The van der Waals surface area contributed by atoms with E-state index < -0.39 is 10.1 Å². The molecule has 0 bridgehead atoms. The number of fused-ring (bicyclic) bond motifs is 3. The molecule has 10 heteroatoms. The van der Waals surface area contributed by atoms with Gasteiger partial charge in [-0.25, -0.2) is 0 Å². The minimum atomic E-state index is -3.49. The predicted molar refractivity (Wildman–Crippen MR) is 146 cm³/mol. The van der Waals surface area contributed by atoms with E-state index in [1.54, 1.807) is 18.4 Å². The second-order valence-corrected chi connectivity index (χ2v) is 12.9. The van der Waals surface area contributed by atoms with Crippen LogP contribution in [0.3, 0.4) is 0 Å². The van der Waals surface area contributed by atoms with Crippen LogP contribution in [0.2, 0.25) is 0 Å². The van der Waals surface area contributed by atoms with E-state index in [-0.39, 0.29) is 24.5 Å². The fourth-order valence-corrected chi connectivity index (χ4v) is 5.46. The monoisotopic (exact) mass is 546 g/mol. The Morgan fingerprint density at radius 2 is 1.92 bits per heavy atom. The Bertz CT molecular complexity index is 1370. The molecule has 1 aliphatic rings. The van der Waals surface area contributed by atoms with Crippen LogP contribution in [0, 0.1) is 5.41 Å². The number of methoxy groups -OCH3 is 1. The van der Waals surface area contributed by atoms with Gasteiger partial charge in [0.05, 0.1) is 32.3 Å². The van der Waals surface area contributed by atoms with Crippen LogP contribution in [0.1, 0.15) is 43.2 Å². The van der Waals surface area contributed by atoms with Gasteiger partial charge in [0.2, 0.25) is 0 Å². The molecule has 37 heavy (non-hydrogen) atoms. The minimum Gasteiger partial charge on any atom is -0.493 e. The molecule has 200 valence electrons. The first-order valence-electron chi connectivity index (χ1n) is 12.2. The first-order chi connectivity index (χ1) is 17.5. The highest BCUT2D eigenvalue weighted by molar-refractivity contribution is 7.85. The molecule has 1 aromatic carbocycles. The van der Waals surface area contributed by atoms with Crippen LogP contribution in [-0.4, -0.2) is 52.0 Å². The number of nitrogens with one attached hydrogen (secondary N) is 1. The lowest BCUT2D eigenvalue weighted by Crippen LogP contribution is -2.33. The zero-order valence-electron chi connectivity index (χ0n) is 21.9. The summed E-state index contributed by atoms with van der Waals surface area (Å²) in [7, 11) is -1.89. The summed E-state index contributed by atoms with van der Waals surface area (Å²) in [6, 6.07) is 10.0. The molecule has 1 aliphatic heterocycles. The second kappa shape index (κ2) is 10.9. The maximum absolute atomic E-state index is 13.3. The van der Waals surface area contributed by atoms with Crippen molar-refractivity contribution in [1.29, 1.82) is 0 Å². The molecule has 2 aromatic heterocycles. The van der Waals surface area contributed by atoms with Gasteiger partial charge in [-0.15, -0.1) is 11.3 Å². The van der Waals surface area contributed by atoms with E-state index in [0.717, 1.165) is 39.9 Å². The van der Waals surface area contributed by atoms with E-state index in [1.165, 1.54) is 0 Å². The molecule has 0 spiro atoms. The van der Waals surface area contributed by atoms with Gasteiger partial charge in [-0.3, -0.25) is 8.98 Å². The summed E-state index contributed by atoms with van der Waals surface area (Å²) in [4.78, 5) is 14.4. The molecule has 3 aromatic rings. The largest absolute Gasteiger partial charge is 0.493 e. The van der Waals surface area contributed by atoms with Gasteiger partial charge >= 0.3 is 0 Å². The minimum absolute atomic E-state index is 0.0225. The second-order valence-electron chi connectivity index (χ2n) is 10.3. The van der Waals surface area contributed by atoms with Crippen LogP contribution in [-0.2, 0) is 27.3 Å². The fraction of sp³-hybridized carbons (Fsp3) is 0.444. The van der Waals surface area contributed by atoms with Gasteiger partial charge in [0.15, 0.2) is 11.5 Å². The van der Waals surface area contributed by atoms with E-state index in [2.05, 4.69) is 36.7 Å². The fourth-order valence-electron chi connectivity index (χ4n) is 4.30. The quantitative estimate of drug-likeness (QED) is 0.285. The molecular formula is C27H34N2O6S2. The number of thiophene rings is 1. The Morgan fingerprint density at radius 3 is 2.57 bits per heavy atom. The maximum Gasteiger partial charge on any atom is 0.267 e. The van der Waals surface area contributed by atoms with Gasteiger partial charge in [-0.05, 0) is 47.0 Å². The van der Waals surface area contributed by atoms with Crippen LogP contribution in [0.4, 0.5) is 0 Å². The van der Waals surface area contributed by atoms with E-state index in [1.807, 2.05) is 29.6 Å². The molecule has 3 heterocycles. The summed E-state index contributed by atoms with van der Waals surface area (Å²) in [6.07, 6.45) is 2.18. The summed E-state index contributed by atoms with van der Waals surface area (Å²) >= 11 is 1.64. The zero-order chi connectivity index (χ0) is 26.8. The Labute approximate surface area is 222 Å². The number of nitrogens with zero attached hydrogens (tertiary/aromatic N) is 1. The number of ether oxygens (including phenoxy) is 2. The van der Waals surface area contributed by atoms with Crippen molar-refractivity contribution in [3.8, 4) is 33.2 Å². The molecule has 0 saturated heterocycles. The number of carbonyl (C=O) groups is 1. The Balaban J connectivity index is 1.70. The van der Waals surface area contributed by atoms with E-state index in [9.17, 15) is 13.2 Å². The molecule has 1 N–H and O–H groups in total. The Hall–Kier alpha value is -2.82. The van der Waals surface area contributed by atoms with Crippen LogP contribution in [0.25, 0.3) is 21.7 Å². The molecule has 0 aliphatic carbocycles. The van der Waals surface area contributed by atoms with E-state index in [0.29, 0.717) is 36.7 Å². The molecule has 1 amide bonds. The number of amides is 1. The number of hydrogen-bond acceptors (Lipinski definition) is 7. The summed E-state index contributed by atoms with van der Waals surface area (Å²) in [5.74, 6) is 1.09. The van der Waals surface area contributed by atoms with Gasteiger partial charge in [0.1, 0.15) is 5.69 Å². The summed E-state index contributed by atoms with van der Waals surface area (Å²) in [6.45, 7) is 7.85. The number of rotatable bonds is 10. The highest BCUT2D eigenvalue weighted by Crippen LogP contribution is 2.45. The number of hydrogen-bond donors (Lipinski definition) is 1. The average Bonchev–Trinajstić information content (AvgIpc) is 3.48. The van der Waals surface area contributed by atoms with Crippen LogP contribution in [0.15, 0.2) is 35.7 Å². The molecule has 0 unspecified atom stereocenters. The van der Waals surface area contributed by atoms with Crippen molar-refractivity contribution in [2.45, 2.75) is 40.2 Å². The lowest BCUT2D eigenvalue weighted by molar-refractivity contribution is 0.0930. The molecule has 0 atom stereocenters. The molecule has 4 rings (SSSR count). The van der Waals surface area contributed by atoms with Crippen molar-refractivity contribution in [1.82, 2.24) is 9.88 Å². The van der Waals surface area contributed by atoms with E-state index in [4.69, 9.17) is 13.7 Å². The Kier molecular flexibility index (Phi) is 8.01. The maximum atomic E-state index is 13.3. The summed E-state index contributed by atoms with van der Waals surface area (Å²) in [5.41, 5.74) is 4.73. The van der Waals surface area contributed by atoms with Crippen molar-refractivity contribution in [2.75, 3.05) is 33.1 Å². The predicted octanol–water partition coefficient (Wildman–Crippen LogP) is 4.97. The molecule has 8 nitrogen and oxygen atoms in total. The summed E-state index contributed by atoms with van der Waals surface area (Å²) in [5, 5.41) is 5.13. The first-order valence-corrected chi connectivity index (χ1v) is 14.9. The molecular weight excluding hydrogens is 512 g/mol. The van der Waals surface area contributed by atoms with Crippen LogP contribution in [0.5, 0.6) is 11.5 Å². The lowest BCUT2D eigenvalue weighted by Gasteiger charge is -2.25. The lowest BCUT2D eigenvalue weighted by atomic mass is 9.95. The van der Waals surface area contributed by atoms with Gasteiger partial charge in [-0.2, -0.15) is 8.42 Å². The number of carbonyl (C=O) groups excluding carboxylic acids is 1. The highest BCUT2D eigenvalue weighted by atomic mass is 32.2. The van der Waals surface area contributed by atoms with Crippen molar-refractivity contribution < 1.29 is 26.9 Å². The van der Waals surface area contributed by atoms with Gasteiger partial charge in [0, 0.05) is 35.5 Å². The van der Waals surface area contributed by atoms with E-state index >= 15 is 0 Å². The van der Waals surface area contributed by atoms with Crippen molar-refractivity contribution in [3.63, 3.8) is 0 Å². The average molecular weight is 547 g/mol. The topological polar surface area (TPSA) is 95.9 Å². The van der Waals surface area contributed by atoms with Gasteiger partial charge in [0.25, 0.3) is 16.0 Å². The molecule has 0 saturated carbocycles. The van der Waals surface area contributed by atoms with Gasteiger partial charge in [-0.1, -0.05) is 26.8 Å².